The average molecular weight is 377 g/mol. The van der Waals surface area contributed by atoms with Crippen LogP contribution >= 0.6 is 0 Å². The van der Waals surface area contributed by atoms with Gasteiger partial charge in [0.15, 0.2) is 11.5 Å². The second-order valence-electron chi connectivity index (χ2n) is 6.74. The number of hydrogen-bond donors (Lipinski definition) is 1. The van der Waals surface area contributed by atoms with Crippen LogP contribution in [0, 0.1) is 0 Å². The second kappa shape index (κ2) is 7.76. The number of anilines is 1. The lowest BCUT2D eigenvalue weighted by Crippen LogP contribution is -2.13. The van der Waals surface area contributed by atoms with Gasteiger partial charge >= 0.3 is 0 Å². The van der Waals surface area contributed by atoms with Crippen molar-refractivity contribution in [2.75, 3.05) is 18.5 Å². The molecule has 0 unspecified atom stereocenters. The van der Waals surface area contributed by atoms with E-state index >= 15 is 0 Å². The molecule has 1 aromatic heterocycles. The highest BCUT2D eigenvalue weighted by atomic mass is 16.5. The van der Waals surface area contributed by atoms with Crippen LogP contribution in [-0.4, -0.2) is 28.9 Å². The molecule has 144 valence electrons. The topological polar surface area (TPSA) is 65.4 Å². The Morgan fingerprint density at radius 2 is 1.93 bits per heavy atom. The number of hydrogen-bond acceptors (Lipinski definition) is 4. The Balaban J connectivity index is 1.67. The average Bonchev–Trinajstić information content (AvgIpc) is 2.95. The van der Waals surface area contributed by atoms with Crippen LogP contribution in [0.5, 0.6) is 11.5 Å². The number of amides is 1. The van der Waals surface area contributed by atoms with E-state index in [0.29, 0.717) is 30.2 Å². The number of carbonyl (C=O) groups is 1. The molecule has 28 heavy (non-hydrogen) atoms. The first kappa shape index (κ1) is 18.1. The number of nitrogens with zero attached hydrogens (tertiary/aromatic N) is 2. The maximum Gasteiger partial charge on any atom is 0.259 e. The quantitative estimate of drug-likeness (QED) is 0.745. The third-order valence-electron chi connectivity index (χ3n) is 4.74. The minimum absolute atomic E-state index is 0.184. The van der Waals surface area contributed by atoms with Crippen LogP contribution in [0.4, 0.5) is 5.69 Å². The molecule has 1 aliphatic rings. The zero-order valence-corrected chi connectivity index (χ0v) is 16.1. The molecule has 0 aliphatic carbocycles. The van der Waals surface area contributed by atoms with Crippen LogP contribution in [0.25, 0.3) is 11.3 Å². The zero-order chi connectivity index (χ0) is 19.5. The minimum atomic E-state index is -0.184. The van der Waals surface area contributed by atoms with E-state index in [0.717, 1.165) is 35.4 Å². The molecular weight excluding hydrogens is 354 g/mol. The molecule has 0 bridgehead atoms. The van der Waals surface area contributed by atoms with Gasteiger partial charge in [0.1, 0.15) is 5.69 Å². The summed E-state index contributed by atoms with van der Waals surface area (Å²) in [6.45, 7) is 3.32. The van der Waals surface area contributed by atoms with Gasteiger partial charge in [-0.2, -0.15) is 5.10 Å². The third kappa shape index (κ3) is 3.58. The van der Waals surface area contributed by atoms with Gasteiger partial charge in [0.25, 0.3) is 5.91 Å². The summed E-state index contributed by atoms with van der Waals surface area (Å²) in [5.41, 5.74) is 3.87. The van der Waals surface area contributed by atoms with Crippen molar-refractivity contribution in [1.29, 1.82) is 0 Å². The van der Waals surface area contributed by atoms with Crippen LogP contribution < -0.4 is 14.8 Å². The van der Waals surface area contributed by atoms with E-state index in [1.54, 1.807) is 10.9 Å². The van der Waals surface area contributed by atoms with E-state index in [9.17, 15) is 4.79 Å². The molecule has 1 N–H and O–H groups in total. The van der Waals surface area contributed by atoms with Gasteiger partial charge < -0.3 is 14.8 Å². The summed E-state index contributed by atoms with van der Waals surface area (Å²) in [5, 5.41) is 7.54. The first-order valence-corrected chi connectivity index (χ1v) is 9.48. The molecule has 1 aliphatic heterocycles. The van der Waals surface area contributed by atoms with Gasteiger partial charge in [0, 0.05) is 30.9 Å². The van der Waals surface area contributed by atoms with Crippen LogP contribution in [0.3, 0.4) is 0 Å². The van der Waals surface area contributed by atoms with Gasteiger partial charge in [-0.3, -0.25) is 9.48 Å². The monoisotopic (exact) mass is 377 g/mol. The van der Waals surface area contributed by atoms with Crippen LogP contribution in [0.15, 0.2) is 48.7 Å². The Kier molecular flexibility index (Phi) is 5.02. The normalized spacial score (nSPS) is 13.1. The number of rotatable bonds is 4. The minimum Gasteiger partial charge on any atom is -0.490 e. The molecule has 0 radical (unpaired) electrons. The summed E-state index contributed by atoms with van der Waals surface area (Å²) < 4.78 is 13.1. The Labute approximate surface area is 164 Å². The predicted octanol–water partition coefficient (Wildman–Crippen LogP) is 4.06. The van der Waals surface area contributed by atoms with E-state index in [-0.39, 0.29) is 5.91 Å². The van der Waals surface area contributed by atoms with E-state index in [1.807, 2.05) is 49.5 Å². The van der Waals surface area contributed by atoms with Gasteiger partial charge in [-0.05, 0) is 36.2 Å². The molecule has 4 rings (SSSR count). The lowest BCUT2D eigenvalue weighted by atomic mass is 10.1. The number of aromatic nitrogens is 2. The van der Waals surface area contributed by atoms with Crippen molar-refractivity contribution in [2.45, 2.75) is 19.8 Å². The smallest absolute Gasteiger partial charge is 0.259 e. The molecule has 0 spiro atoms. The molecule has 0 saturated carbocycles. The van der Waals surface area contributed by atoms with Crippen molar-refractivity contribution in [3.05, 3.63) is 59.8 Å². The first-order valence-electron chi connectivity index (χ1n) is 9.48. The number of fused-ring (bicyclic) bond motifs is 1. The molecule has 0 atom stereocenters. The summed E-state index contributed by atoms with van der Waals surface area (Å²) in [5.74, 6) is 1.22. The number of aryl methyl sites for hydroxylation is 2. The van der Waals surface area contributed by atoms with Crippen molar-refractivity contribution in [3.8, 4) is 22.8 Å². The first-order chi connectivity index (χ1) is 13.7. The van der Waals surface area contributed by atoms with Gasteiger partial charge in [0.05, 0.1) is 18.8 Å². The van der Waals surface area contributed by atoms with E-state index in [4.69, 9.17) is 9.47 Å². The lowest BCUT2D eigenvalue weighted by Gasteiger charge is -2.11. The largest absolute Gasteiger partial charge is 0.490 e. The molecule has 6 heteroatoms. The molecule has 3 aromatic rings. The summed E-state index contributed by atoms with van der Waals surface area (Å²) in [6, 6.07) is 13.5. The van der Waals surface area contributed by atoms with Gasteiger partial charge in [-0.25, -0.2) is 0 Å². The molecular formula is C22H23N3O3. The lowest BCUT2D eigenvalue weighted by molar-refractivity contribution is 0.102. The Hall–Kier alpha value is -3.28. The number of ether oxygens (including phenoxy) is 2. The summed E-state index contributed by atoms with van der Waals surface area (Å²) in [4.78, 5) is 13.0. The fraction of sp³-hybridized carbons (Fsp3) is 0.273. The number of benzene rings is 2. The molecule has 2 aromatic carbocycles. The maximum atomic E-state index is 13.0. The standard InChI is InChI=1S/C22H23N3O3/c1-3-15-7-4-5-8-18(15)23-22(26)17-14-25(2)24-21(17)16-9-10-19-20(13-16)28-12-6-11-27-19/h4-5,7-10,13-14H,3,6,11-12H2,1-2H3,(H,23,26). The summed E-state index contributed by atoms with van der Waals surface area (Å²) in [6.07, 6.45) is 3.43. The van der Waals surface area contributed by atoms with Gasteiger partial charge in [-0.15, -0.1) is 0 Å². The van der Waals surface area contributed by atoms with Crippen molar-refractivity contribution >= 4 is 11.6 Å². The highest BCUT2D eigenvalue weighted by molar-refractivity contribution is 6.08. The predicted molar refractivity (Wildman–Crippen MR) is 108 cm³/mol. The van der Waals surface area contributed by atoms with Crippen LogP contribution in [-0.2, 0) is 13.5 Å². The zero-order valence-electron chi connectivity index (χ0n) is 16.1. The SMILES string of the molecule is CCc1ccccc1NC(=O)c1cn(C)nc1-c1ccc2c(c1)OCCCO2. The Morgan fingerprint density at radius 3 is 2.75 bits per heavy atom. The van der Waals surface area contributed by atoms with Crippen molar-refractivity contribution in [3.63, 3.8) is 0 Å². The fourth-order valence-corrected chi connectivity index (χ4v) is 3.32. The highest BCUT2D eigenvalue weighted by Crippen LogP contribution is 2.35. The molecule has 6 nitrogen and oxygen atoms in total. The number of nitrogens with one attached hydrogen (secondary N) is 1. The Morgan fingerprint density at radius 1 is 1.14 bits per heavy atom. The number of para-hydroxylation sites is 1. The molecule has 0 fully saturated rings. The second-order valence-corrected chi connectivity index (χ2v) is 6.74. The number of carbonyl (C=O) groups excluding carboxylic acids is 1. The van der Waals surface area contributed by atoms with Crippen LogP contribution in [0.2, 0.25) is 0 Å². The van der Waals surface area contributed by atoms with Crippen molar-refractivity contribution in [1.82, 2.24) is 9.78 Å². The van der Waals surface area contributed by atoms with Crippen LogP contribution in [0.1, 0.15) is 29.3 Å². The van der Waals surface area contributed by atoms with E-state index < -0.39 is 0 Å². The highest BCUT2D eigenvalue weighted by Gasteiger charge is 2.20. The summed E-state index contributed by atoms with van der Waals surface area (Å²) in [7, 11) is 1.81. The molecule has 2 heterocycles. The van der Waals surface area contributed by atoms with E-state index in [1.165, 1.54) is 0 Å². The van der Waals surface area contributed by atoms with Crippen molar-refractivity contribution < 1.29 is 14.3 Å². The van der Waals surface area contributed by atoms with E-state index in [2.05, 4.69) is 17.3 Å². The van der Waals surface area contributed by atoms with Gasteiger partial charge in [-0.1, -0.05) is 25.1 Å². The fourth-order valence-electron chi connectivity index (χ4n) is 3.32. The van der Waals surface area contributed by atoms with Gasteiger partial charge in [0.2, 0.25) is 0 Å². The third-order valence-corrected chi connectivity index (χ3v) is 4.74. The maximum absolute atomic E-state index is 13.0. The molecule has 0 saturated heterocycles. The Bertz CT molecular complexity index is 1010. The molecule has 1 amide bonds. The summed E-state index contributed by atoms with van der Waals surface area (Å²) >= 11 is 0. The van der Waals surface area contributed by atoms with Crippen molar-refractivity contribution in [2.24, 2.45) is 7.05 Å².